The van der Waals surface area contributed by atoms with Crippen molar-refractivity contribution in [2.45, 2.75) is 18.8 Å². The van der Waals surface area contributed by atoms with Crippen LogP contribution in [-0.2, 0) is 0 Å². The zero-order valence-electron chi connectivity index (χ0n) is 11.2. The van der Waals surface area contributed by atoms with Gasteiger partial charge in [0.2, 0.25) is 0 Å². The van der Waals surface area contributed by atoms with Crippen molar-refractivity contribution >= 4 is 43.4 Å². The molecule has 1 aliphatic heterocycles. The maximum absolute atomic E-state index is 11.3. The third-order valence-electron chi connectivity index (χ3n) is 3.95. The lowest BCUT2D eigenvalue weighted by molar-refractivity contribution is 0.0698. The molecule has 1 aromatic heterocycles. The minimum atomic E-state index is -2.51. The highest BCUT2D eigenvalue weighted by Crippen LogP contribution is 2.50. The van der Waals surface area contributed by atoms with Gasteiger partial charge in [-0.1, -0.05) is 15.9 Å². The van der Waals surface area contributed by atoms with Crippen molar-refractivity contribution in [2.75, 3.05) is 11.5 Å². The van der Waals surface area contributed by atoms with Gasteiger partial charge in [-0.3, -0.25) is 9.11 Å². The maximum atomic E-state index is 11.3. The first-order valence-electron chi connectivity index (χ1n) is 6.65. The predicted molar refractivity (Wildman–Crippen MR) is 87.5 cm³/mol. The van der Waals surface area contributed by atoms with Crippen LogP contribution in [0.2, 0.25) is 0 Å². The molecule has 1 saturated heterocycles. The van der Waals surface area contributed by atoms with E-state index in [0.717, 1.165) is 23.8 Å². The monoisotopic (exact) mass is 373 g/mol. The van der Waals surface area contributed by atoms with Gasteiger partial charge < -0.3 is 10.1 Å². The Morgan fingerprint density at radius 2 is 2.14 bits per heavy atom. The second-order valence-corrected chi connectivity index (χ2v) is 8.70. The fourth-order valence-corrected chi connectivity index (χ4v) is 5.26. The van der Waals surface area contributed by atoms with Crippen LogP contribution in [0.1, 0.15) is 34.7 Å². The maximum Gasteiger partial charge on any atom is 0.337 e. The summed E-state index contributed by atoms with van der Waals surface area (Å²) < 4.78 is 20.6. The molecule has 21 heavy (non-hydrogen) atoms. The lowest BCUT2D eigenvalue weighted by atomic mass is 9.95. The lowest BCUT2D eigenvalue weighted by Crippen LogP contribution is -2.20. The molecule has 1 unspecified atom stereocenters. The smallest absolute Gasteiger partial charge is 0.337 e. The SMILES string of the molecule is O=C(O)c1cc(Br)cc2c(C3CCCS(O)(O)C3)c[nH]c12. The standard InChI is InChI=1S/C14H16BrNO4S/c15-9-4-10-12(8-2-1-3-21(19,20)7-8)6-16-13(10)11(5-9)14(17)18/h4-6,8,16,19-20H,1-3,7H2,(H,17,18). The molecule has 2 heterocycles. The van der Waals surface area contributed by atoms with Crippen LogP contribution in [0.25, 0.3) is 10.9 Å². The van der Waals surface area contributed by atoms with E-state index in [1.165, 1.54) is 0 Å². The Kier molecular flexibility index (Phi) is 3.77. The molecule has 1 fully saturated rings. The van der Waals surface area contributed by atoms with Gasteiger partial charge in [-0.05, 0) is 30.5 Å². The number of carboxylic acids is 1. The van der Waals surface area contributed by atoms with E-state index in [1.807, 2.05) is 6.07 Å². The quantitative estimate of drug-likeness (QED) is 0.632. The van der Waals surface area contributed by atoms with E-state index in [9.17, 15) is 19.0 Å². The van der Waals surface area contributed by atoms with Gasteiger partial charge in [0, 0.05) is 33.5 Å². The van der Waals surface area contributed by atoms with Crippen LogP contribution < -0.4 is 0 Å². The molecule has 4 N–H and O–H groups in total. The molecule has 114 valence electrons. The van der Waals surface area contributed by atoms with Gasteiger partial charge in [-0.15, -0.1) is 0 Å². The first-order valence-corrected chi connectivity index (χ1v) is 9.32. The molecule has 1 atom stereocenters. The van der Waals surface area contributed by atoms with Crippen LogP contribution in [0.5, 0.6) is 0 Å². The van der Waals surface area contributed by atoms with Gasteiger partial charge in [-0.25, -0.2) is 4.79 Å². The first-order chi connectivity index (χ1) is 9.87. The second kappa shape index (κ2) is 5.31. The summed E-state index contributed by atoms with van der Waals surface area (Å²) in [6.45, 7) is 0. The zero-order valence-corrected chi connectivity index (χ0v) is 13.6. The molecule has 1 aliphatic rings. The highest BCUT2D eigenvalue weighted by Gasteiger charge is 2.28. The Labute approximate surface area is 131 Å². The molecule has 2 aromatic rings. The Morgan fingerprint density at radius 1 is 1.38 bits per heavy atom. The number of hydrogen-bond donors (Lipinski definition) is 4. The Hall–Kier alpha value is -1.02. The van der Waals surface area contributed by atoms with Gasteiger partial charge in [0.25, 0.3) is 0 Å². The van der Waals surface area contributed by atoms with Crippen LogP contribution in [0.4, 0.5) is 0 Å². The summed E-state index contributed by atoms with van der Waals surface area (Å²) >= 11 is 3.35. The van der Waals surface area contributed by atoms with Crippen LogP contribution in [0.3, 0.4) is 0 Å². The number of hydrogen-bond acceptors (Lipinski definition) is 3. The minimum absolute atomic E-state index is 0.0495. The number of rotatable bonds is 2. The van der Waals surface area contributed by atoms with Crippen LogP contribution in [-0.4, -0.2) is 36.7 Å². The number of halogens is 1. The average molecular weight is 374 g/mol. The Morgan fingerprint density at radius 3 is 2.81 bits per heavy atom. The van der Waals surface area contributed by atoms with E-state index in [-0.39, 0.29) is 11.5 Å². The van der Waals surface area contributed by atoms with Crippen molar-refractivity contribution in [1.29, 1.82) is 0 Å². The first kappa shape index (κ1) is 14.9. The predicted octanol–water partition coefficient (Wildman–Crippen LogP) is 4.26. The molecular formula is C14H16BrNO4S. The summed E-state index contributed by atoms with van der Waals surface area (Å²) in [4.78, 5) is 14.4. The van der Waals surface area contributed by atoms with Crippen molar-refractivity contribution < 1.29 is 19.0 Å². The lowest BCUT2D eigenvalue weighted by Gasteiger charge is -2.40. The molecule has 1 aromatic carbocycles. The number of carbonyl (C=O) groups is 1. The molecule has 7 heteroatoms. The third-order valence-corrected chi connectivity index (χ3v) is 6.28. The molecule has 3 rings (SSSR count). The number of nitrogens with one attached hydrogen (secondary N) is 1. The number of benzene rings is 1. The van der Waals surface area contributed by atoms with E-state index in [0.29, 0.717) is 21.5 Å². The van der Waals surface area contributed by atoms with Gasteiger partial charge >= 0.3 is 5.97 Å². The summed E-state index contributed by atoms with van der Waals surface area (Å²) in [5.74, 6) is -0.110. The topological polar surface area (TPSA) is 93.6 Å². The number of aromatic amines is 1. The van der Waals surface area contributed by atoms with Gasteiger partial charge in [0.15, 0.2) is 0 Å². The number of fused-ring (bicyclic) bond motifs is 1. The molecule has 0 radical (unpaired) electrons. The normalized spacial score (nSPS) is 23.1. The average Bonchev–Trinajstić information content (AvgIpc) is 2.79. The third kappa shape index (κ3) is 2.83. The van der Waals surface area contributed by atoms with Crippen LogP contribution in [0.15, 0.2) is 22.8 Å². The fraction of sp³-hybridized carbons (Fsp3) is 0.357. The molecule has 5 nitrogen and oxygen atoms in total. The zero-order chi connectivity index (χ0) is 15.2. The summed E-state index contributed by atoms with van der Waals surface area (Å²) in [6, 6.07) is 3.45. The Balaban J connectivity index is 2.10. The van der Waals surface area contributed by atoms with Gasteiger partial charge in [0.1, 0.15) is 0 Å². The van der Waals surface area contributed by atoms with Crippen LogP contribution >= 0.6 is 26.5 Å². The highest BCUT2D eigenvalue weighted by atomic mass is 79.9. The van der Waals surface area contributed by atoms with Crippen molar-refractivity contribution in [3.63, 3.8) is 0 Å². The summed E-state index contributed by atoms with van der Waals surface area (Å²) in [7, 11) is -2.51. The van der Waals surface area contributed by atoms with E-state index in [1.54, 1.807) is 12.3 Å². The molecule has 0 bridgehead atoms. The van der Waals surface area contributed by atoms with E-state index in [4.69, 9.17) is 0 Å². The summed E-state index contributed by atoms with van der Waals surface area (Å²) in [5, 5.41) is 10.1. The van der Waals surface area contributed by atoms with Crippen molar-refractivity contribution in [2.24, 2.45) is 0 Å². The molecule has 0 amide bonds. The molecular weight excluding hydrogens is 358 g/mol. The summed E-state index contributed by atoms with van der Waals surface area (Å²) in [5.41, 5.74) is 1.77. The molecule has 0 spiro atoms. The second-order valence-electron chi connectivity index (χ2n) is 5.44. The number of H-pyrrole nitrogens is 1. The van der Waals surface area contributed by atoms with E-state index in [2.05, 4.69) is 20.9 Å². The molecule has 0 saturated carbocycles. The summed E-state index contributed by atoms with van der Waals surface area (Å²) in [6.07, 6.45) is 3.46. The number of aromatic carboxylic acids is 1. The Bertz CT molecular complexity index is 712. The fourth-order valence-electron chi connectivity index (χ4n) is 3.02. The number of carboxylic acid groups (broad SMARTS) is 1. The van der Waals surface area contributed by atoms with E-state index >= 15 is 0 Å². The van der Waals surface area contributed by atoms with Gasteiger partial charge in [-0.2, -0.15) is 10.6 Å². The van der Waals surface area contributed by atoms with Crippen molar-refractivity contribution in [3.8, 4) is 0 Å². The highest BCUT2D eigenvalue weighted by molar-refractivity contribution is 9.10. The van der Waals surface area contributed by atoms with Crippen molar-refractivity contribution in [1.82, 2.24) is 4.98 Å². The van der Waals surface area contributed by atoms with Gasteiger partial charge in [0.05, 0.1) is 11.1 Å². The number of aromatic nitrogens is 1. The van der Waals surface area contributed by atoms with Crippen molar-refractivity contribution in [3.05, 3.63) is 33.9 Å². The minimum Gasteiger partial charge on any atom is -0.478 e. The largest absolute Gasteiger partial charge is 0.478 e. The van der Waals surface area contributed by atoms with Crippen LogP contribution in [0, 0.1) is 0 Å². The van der Waals surface area contributed by atoms with E-state index < -0.39 is 16.6 Å². The molecule has 0 aliphatic carbocycles.